The minimum atomic E-state index is -0.614. The van der Waals surface area contributed by atoms with Gasteiger partial charge in [-0.15, -0.1) is 0 Å². The number of hydrogen-bond donors (Lipinski definition) is 3. The van der Waals surface area contributed by atoms with Crippen molar-refractivity contribution in [2.75, 3.05) is 55.1 Å². The van der Waals surface area contributed by atoms with Crippen LogP contribution in [0.4, 0.5) is 39.0 Å². The van der Waals surface area contributed by atoms with Gasteiger partial charge in [0.1, 0.15) is 5.69 Å². The van der Waals surface area contributed by atoms with E-state index in [1.54, 1.807) is 6.07 Å². The summed E-state index contributed by atoms with van der Waals surface area (Å²) in [4.78, 5) is 29.5. The lowest BCUT2D eigenvalue weighted by molar-refractivity contribution is -0.111. The lowest BCUT2D eigenvalue weighted by Gasteiger charge is -2.25. The van der Waals surface area contributed by atoms with Crippen LogP contribution >= 0.6 is 0 Å². The number of likely N-dealkylation sites (N-methyl/N-ethyl adjacent to an activating group) is 2. The normalized spacial score (nSPS) is 11.0. The van der Waals surface area contributed by atoms with E-state index in [1.165, 1.54) is 6.08 Å². The lowest BCUT2D eigenvalue weighted by Crippen LogP contribution is -2.30. The molecule has 0 spiro atoms. The Kier molecular flexibility index (Phi) is 9.30. The fraction of sp³-hybridized carbons (Fsp3) is 0.267. The molecule has 0 saturated carbocycles. The molecule has 0 bridgehead atoms. The van der Waals surface area contributed by atoms with Gasteiger partial charge in [0.2, 0.25) is 17.7 Å². The van der Waals surface area contributed by atoms with E-state index in [-0.39, 0.29) is 23.8 Å². The van der Waals surface area contributed by atoms with E-state index in [2.05, 4.69) is 37.4 Å². The minimum absolute atomic E-state index is 0.00251. The monoisotopic (exact) mass is 558 g/mol. The Morgan fingerprint density at radius 3 is 2.49 bits per heavy atom. The van der Waals surface area contributed by atoms with Crippen LogP contribution in [0.25, 0.3) is 10.8 Å². The van der Waals surface area contributed by atoms with Crippen LogP contribution in [0.3, 0.4) is 0 Å². The Morgan fingerprint density at radius 2 is 1.78 bits per heavy atom. The van der Waals surface area contributed by atoms with Gasteiger partial charge in [-0.1, -0.05) is 36.9 Å². The predicted octanol–water partition coefficient (Wildman–Crippen LogP) is 5.56. The van der Waals surface area contributed by atoms with Crippen molar-refractivity contribution in [3.8, 4) is 5.88 Å². The number of amides is 1. The third kappa shape index (κ3) is 7.67. The molecule has 10 nitrogen and oxygen atoms in total. The molecule has 4 rings (SSSR count). The molecule has 2 aromatic heterocycles. The van der Waals surface area contributed by atoms with Crippen LogP contribution in [0.1, 0.15) is 13.8 Å². The van der Waals surface area contributed by atoms with E-state index in [1.807, 2.05) is 82.4 Å². The highest BCUT2D eigenvalue weighted by Crippen LogP contribution is 2.35. The molecule has 0 unspecified atom stereocenters. The molecule has 2 aromatic carbocycles. The Hall–Kier alpha value is -4.77. The number of anilines is 6. The Labute approximate surface area is 239 Å². The van der Waals surface area contributed by atoms with Gasteiger partial charge in [-0.2, -0.15) is 9.97 Å². The molecule has 0 atom stereocenters. The van der Waals surface area contributed by atoms with Crippen molar-refractivity contribution in [3.63, 3.8) is 0 Å². The number of nitrogens with one attached hydrogen (secondary N) is 3. The summed E-state index contributed by atoms with van der Waals surface area (Å²) in [5, 5.41) is 11.0. The molecule has 0 aliphatic carbocycles. The second kappa shape index (κ2) is 13.1. The second-order valence-electron chi connectivity index (χ2n) is 10.00. The maximum atomic E-state index is 14.8. The van der Waals surface area contributed by atoms with Gasteiger partial charge in [0.15, 0.2) is 17.5 Å². The van der Waals surface area contributed by atoms with Crippen molar-refractivity contribution in [1.82, 2.24) is 19.9 Å². The second-order valence-corrected chi connectivity index (χ2v) is 10.00. The number of carbonyl (C=O) groups excluding carboxylic acids is 1. The Balaban J connectivity index is 1.69. The minimum Gasteiger partial charge on any atom is -0.473 e. The summed E-state index contributed by atoms with van der Waals surface area (Å²) in [5.74, 6) is -0.103. The van der Waals surface area contributed by atoms with Gasteiger partial charge in [-0.25, -0.2) is 9.37 Å². The Morgan fingerprint density at radius 1 is 1.02 bits per heavy atom. The number of halogens is 1. The Bertz CT molecular complexity index is 1540. The summed E-state index contributed by atoms with van der Waals surface area (Å²) in [5.41, 5.74) is 1.51. The molecule has 0 radical (unpaired) electrons. The molecule has 4 aromatic rings. The van der Waals surface area contributed by atoms with Gasteiger partial charge >= 0.3 is 0 Å². The van der Waals surface area contributed by atoms with E-state index in [0.29, 0.717) is 29.4 Å². The molecule has 1 amide bonds. The first-order valence-electron chi connectivity index (χ1n) is 13.2. The number of carbonyl (C=O) groups is 1. The summed E-state index contributed by atoms with van der Waals surface area (Å²) in [7, 11) is 5.84. The van der Waals surface area contributed by atoms with Crippen LogP contribution in [-0.2, 0) is 4.79 Å². The molecule has 0 aliphatic rings. The van der Waals surface area contributed by atoms with E-state index in [4.69, 9.17) is 9.72 Å². The summed E-state index contributed by atoms with van der Waals surface area (Å²) >= 11 is 0. The van der Waals surface area contributed by atoms with Crippen LogP contribution in [0.5, 0.6) is 5.88 Å². The smallest absolute Gasteiger partial charge is 0.247 e. The molecule has 0 saturated heterocycles. The van der Waals surface area contributed by atoms with Gasteiger partial charge in [-0.3, -0.25) is 4.79 Å². The molecule has 2 heterocycles. The number of fused-ring (bicyclic) bond motifs is 1. The van der Waals surface area contributed by atoms with Crippen LogP contribution in [0.2, 0.25) is 0 Å². The van der Waals surface area contributed by atoms with E-state index < -0.39 is 11.7 Å². The van der Waals surface area contributed by atoms with Crippen LogP contribution in [-0.4, -0.2) is 66.1 Å². The first kappa shape index (κ1) is 29.2. The summed E-state index contributed by atoms with van der Waals surface area (Å²) < 4.78 is 20.8. The topological polar surface area (TPSA) is 108 Å². The number of rotatable bonds is 12. The highest BCUT2D eigenvalue weighted by atomic mass is 19.1. The summed E-state index contributed by atoms with van der Waals surface area (Å²) in [6.07, 6.45) is 2.07. The quantitative estimate of drug-likeness (QED) is 0.193. The number of nitrogens with zero attached hydrogens (tertiary/aromatic N) is 5. The van der Waals surface area contributed by atoms with Crippen molar-refractivity contribution in [3.05, 3.63) is 73.2 Å². The van der Waals surface area contributed by atoms with E-state index in [0.717, 1.165) is 23.5 Å². The standard InChI is InChI=1S/C30H35FN8O2/c1-7-26(40)34-24-17-25(29(41-19(2)3)37-28(24)39(6)15-14-38(4)5)35-30-32-18-23(31)27(36-30)33-22-13-12-20-10-8-9-11-21(20)16-22/h7-13,16-19H,1,14-15H2,2-6H3,(H,34,40)(H2,32,33,35,36). The summed E-state index contributed by atoms with van der Waals surface area (Å²) in [6, 6.07) is 15.3. The molecule has 0 aliphatic heterocycles. The fourth-order valence-electron chi connectivity index (χ4n) is 3.95. The average Bonchev–Trinajstić information content (AvgIpc) is 2.94. The van der Waals surface area contributed by atoms with Crippen molar-refractivity contribution in [1.29, 1.82) is 0 Å². The van der Waals surface area contributed by atoms with Gasteiger partial charge in [0, 0.05) is 25.8 Å². The predicted molar refractivity (Wildman–Crippen MR) is 163 cm³/mol. The summed E-state index contributed by atoms with van der Waals surface area (Å²) in [6.45, 7) is 8.73. The maximum absolute atomic E-state index is 14.8. The van der Waals surface area contributed by atoms with Crippen molar-refractivity contribution in [2.24, 2.45) is 0 Å². The SMILES string of the molecule is C=CC(=O)Nc1cc(Nc2ncc(F)c(Nc3ccc4ccccc4c3)n2)c(OC(C)C)nc1N(C)CCN(C)C. The molecule has 11 heteroatoms. The third-order valence-corrected chi connectivity index (χ3v) is 6.01. The molecular weight excluding hydrogens is 523 g/mol. The number of pyridine rings is 1. The highest BCUT2D eigenvalue weighted by Gasteiger charge is 2.20. The number of aromatic nitrogens is 3. The zero-order valence-electron chi connectivity index (χ0n) is 23.9. The molecular formula is C30H35FN8O2. The molecule has 0 fully saturated rings. The first-order chi connectivity index (χ1) is 19.6. The van der Waals surface area contributed by atoms with E-state index >= 15 is 0 Å². The number of ether oxygens (including phenoxy) is 1. The van der Waals surface area contributed by atoms with Crippen molar-refractivity contribution < 1.29 is 13.9 Å². The zero-order valence-corrected chi connectivity index (χ0v) is 23.9. The van der Waals surface area contributed by atoms with Crippen LogP contribution in [0.15, 0.2) is 67.4 Å². The number of benzene rings is 2. The zero-order chi connectivity index (χ0) is 29.5. The van der Waals surface area contributed by atoms with Gasteiger partial charge in [0.05, 0.1) is 18.0 Å². The largest absolute Gasteiger partial charge is 0.473 e. The highest BCUT2D eigenvalue weighted by molar-refractivity contribution is 6.01. The molecule has 41 heavy (non-hydrogen) atoms. The van der Waals surface area contributed by atoms with Gasteiger partial charge in [0.25, 0.3) is 0 Å². The third-order valence-electron chi connectivity index (χ3n) is 6.01. The van der Waals surface area contributed by atoms with Gasteiger partial charge in [-0.05, 0) is 63.0 Å². The molecule has 3 N–H and O–H groups in total. The maximum Gasteiger partial charge on any atom is 0.247 e. The van der Waals surface area contributed by atoms with Crippen molar-refractivity contribution in [2.45, 2.75) is 20.0 Å². The van der Waals surface area contributed by atoms with Crippen LogP contribution < -0.4 is 25.6 Å². The first-order valence-corrected chi connectivity index (χ1v) is 13.2. The van der Waals surface area contributed by atoms with E-state index in [9.17, 15) is 9.18 Å². The lowest BCUT2D eigenvalue weighted by atomic mass is 10.1. The van der Waals surface area contributed by atoms with Crippen molar-refractivity contribution >= 4 is 51.3 Å². The average molecular weight is 559 g/mol. The van der Waals surface area contributed by atoms with Crippen LogP contribution in [0, 0.1) is 5.82 Å². The fourth-order valence-corrected chi connectivity index (χ4v) is 3.95. The number of hydrogen-bond acceptors (Lipinski definition) is 9. The molecule has 214 valence electrons. The van der Waals surface area contributed by atoms with Gasteiger partial charge < -0.3 is 30.5 Å².